The summed E-state index contributed by atoms with van der Waals surface area (Å²) in [6, 6.07) is 16.7. The predicted molar refractivity (Wildman–Crippen MR) is 137 cm³/mol. The van der Waals surface area contributed by atoms with E-state index in [1.165, 1.54) is 12.1 Å². The van der Waals surface area contributed by atoms with E-state index in [0.717, 1.165) is 28.3 Å². The van der Waals surface area contributed by atoms with Crippen molar-refractivity contribution in [3.8, 4) is 11.1 Å². The van der Waals surface area contributed by atoms with Crippen LogP contribution >= 0.6 is 11.6 Å². The third-order valence-corrected chi connectivity index (χ3v) is 6.80. The molecule has 190 valence electrons. The average molecular weight is 514 g/mol. The molecule has 1 amide bonds. The van der Waals surface area contributed by atoms with Gasteiger partial charge in [0.1, 0.15) is 17.2 Å². The van der Waals surface area contributed by atoms with Crippen molar-refractivity contribution in [1.82, 2.24) is 4.90 Å². The van der Waals surface area contributed by atoms with Gasteiger partial charge in [-0.1, -0.05) is 48.0 Å². The van der Waals surface area contributed by atoms with Gasteiger partial charge in [0.25, 0.3) is 0 Å². The molecule has 2 atom stereocenters. The third-order valence-electron chi connectivity index (χ3n) is 6.48. The quantitative estimate of drug-likeness (QED) is 0.398. The second-order valence-electron chi connectivity index (χ2n) is 10.2. The second-order valence-corrected chi connectivity index (χ2v) is 10.6. The molecular weight excluding hydrogens is 484 g/mol. The number of ether oxygens (including phenoxy) is 1. The Balaban J connectivity index is 1.73. The summed E-state index contributed by atoms with van der Waals surface area (Å²) >= 11 is 6.81. The van der Waals surface area contributed by atoms with E-state index in [2.05, 4.69) is 0 Å². The van der Waals surface area contributed by atoms with Gasteiger partial charge in [-0.3, -0.25) is 0 Å². The highest BCUT2D eigenvalue weighted by molar-refractivity contribution is 6.31. The molecular formula is C29H30ClF2NO3. The minimum atomic E-state index is -0.644. The van der Waals surface area contributed by atoms with Gasteiger partial charge < -0.3 is 14.7 Å². The van der Waals surface area contributed by atoms with Crippen LogP contribution in [0.3, 0.4) is 0 Å². The van der Waals surface area contributed by atoms with Crippen LogP contribution in [0.25, 0.3) is 11.1 Å². The first-order chi connectivity index (χ1) is 17.1. The number of carbonyl (C=O) groups is 1. The van der Waals surface area contributed by atoms with E-state index in [0.29, 0.717) is 30.1 Å². The summed E-state index contributed by atoms with van der Waals surface area (Å²) in [7, 11) is 0. The fourth-order valence-electron chi connectivity index (χ4n) is 4.88. The zero-order valence-electron chi connectivity index (χ0n) is 20.6. The zero-order valence-corrected chi connectivity index (χ0v) is 21.4. The molecule has 1 saturated heterocycles. The van der Waals surface area contributed by atoms with Crippen molar-refractivity contribution in [2.45, 2.75) is 51.2 Å². The van der Waals surface area contributed by atoms with E-state index in [1.54, 1.807) is 4.90 Å². The van der Waals surface area contributed by atoms with Gasteiger partial charge >= 0.3 is 6.09 Å². The molecule has 4 rings (SSSR count). The molecule has 0 unspecified atom stereocenters. The largest absolute Gasteiger partial charge is 0.444 e. The number of hydrogen-bond donors (Lipinski definition) is 1. The Morgan fingerprint density at radius 3 is 2.39 bits per heavy atom. The van der Waals surface area contributed by atoms with Crippen molar-refractivity contribution in [1.29, 1.82) is 0 Å². The monoisotopic (exact) mass is 513 g/mol. The molecule has 1 aliphatic heterocycles. The van der Waals surface area contributed by atoms with Crippen LogP contribution in [0.4, 0.5) is 13.6 Å². The van der Waals surface area contributed by atoms with Gasteiger partial charge in [0.05, 0.1) is 6.61 Å². The highest BCUT2D eigenvalue weighted by Crippen LogP contribution is 2.43. The number of aliphatic hydroxyl groups is 1. The summed E-state index contributed by atoms with van der Waals surface area (Å²) in [6.45, 7) is 6.02. The second kappa shape index (κ2) is 10.6. The van der Waals surface area contributed by atoms with Crippen LogP contribution < -0.4 is 0 Å². The molecule has 0 saturated carbocycles. The van der Waals surface area contributed by atoms with Crippen molar-refractivity contribution in [3.05, 3.63) is 94.0 Å². The van der Waals surface area contributed by atoms with Crippen LogP contribution in [0.2, 0.25) is 5.02 Å². The highest BCUT2D eigenvalue weighted by Gasteiger charge is 2.36. The SMILES string of the molecule is CC(C)(C)OC(=O)N1CC[C@H](c2cc(F)cc(F)c2)[C@@H](c2ccc(-c3ccccc3CO)cc2Cl)C1. The van der Waals surface area contributed by atoms with Crippen molar-refractivity contribution >= 4 is 17.7 Å². The Bertz CT molecular complexity index is 1240. The lowest BCUT2D eigenvalue weighted by Crippen LogP contribution is -2.44. The number of carbonyl (C=O) groups excluding carboxylic acids is 1. The van der Waals surface area contributed by atoms with Gasteiger partial charge in [0, 0.05) is 30.1 Å². The summed E-state index contributed by atoms with van der Waals surface area (Å²) in [5, 5.41) is 10.2. The van der Waals surface area contributed by atoms with E-state index >= 15 is 0 Å². The number of aliphatic hydroxyl groups excluding tert-OH is 1. The lowest BCUT2D eigenvalue weighted by molar-refractivity contribution is 0.0183. The normalized spacial score (nSPS) is 18.2. The number of likely N-dealkylation sites (tertiary alicyclic amines) is 1. The van der Waals surface area contributed by atoms with Crippen LogP contribution in [-0.4, -0.2) is 34.8 Å². The number of piperidine rings is 1. The highest BCUT2D eigenvalue weighted by atomic mass is 35.5. The van der Waals surface area contributed by atoms with E-state index < -0.39 is 23.3 Å². The standard InChI is InChI=1S/C29H30ClF2NO3/c1-29(2,3)36-28(35)33-11-10-24(20-12-21(31)15-22(32)13-20)26(16-33)25-9-8-18(14-27(25)30)23-7-5-4-6-19(23)17-34/h4-9,12-15,24,26,34H,10-11,16-17H2,1-3H3/t24-,26+/m1/s1. The fourth-order valence-corrected chi connectivity index (χ4v) is 5.20. The smallest absolute Gasteiger partial charge is 0.410 e. The molecule has 0 aliphatic carbocycles. The fraction of sp³-hybridized carbons (Fsp3) is 0.345. The van der Waals surface area contributed by atoms with Crippen LogP contribution in [0.5, 0.6) is 0 Å². The predicted octanol–water partition coefficient (Wildman–Crippen LogP) is 7.29. The third kappa shape index (κ3) is 5.88. The van der Waals surface area contributed by atoms with Crippen molar-refractivity contribution in [2.24, 2.45) is 0 Å². The lowest BCUT2D eigenvalue weighted by atomic mass is 9.76. The molecule has 3 aromatic carbocycles. The maximum absolute atomic E-state index is 14.1. The molecule has 36 heavy (non-hydrogen) atoms. The Morgan fingerprint density at radius 2 is 1.75 bits per heavy atom. The maximum Gasteiger partial charge on any atom is 0.410 e. The van der Waals surface area contributed by atoms with Crippen molar-refractivity contribution < 1.29 is 23.4 Å². The molecule has 4 nitrogen and oxygen atoms in total. The van der Waals surface area contributed by atoms with Crippen LogP contribution in [0.15, 0.2) is 60.7 Å². The summed E-state index contributed by atoms with van der Waals surface area (Å²) in [4.78, 5) is 14.5. The Hall–Kier alpha value is -2.96. The number of amides is 1. The Kier molecular flexibility index (Phi) is 7.67. The first-order valence-corrected chi connectivity index (χ1v) is 12.4. The number of hydrogen-bond acceptors (Lipinski definition) is 3. The molecule has 0 radical (unpaired) electrons. The first-order valence-electron chi connectivity index (χ1n) is 12.0. The first kappa shape index (κ1) is 26.1. The molecule has 1 aliphatic rings. The lowest BCUT2D eigenvalue weighted by Gasteiger charge is -2.40. The summed E-state index contributed by atoms with van der Waals surface area (Å²) in [6.07, 6.45) is 0.0686. The van der Waals surface area contributed by atoms with Crippen molar-refractivity contribution in [2.75, 3.05) is 13.1 Å². The molecule has 0 spiro atoms. The van der Waals surface area contributed by atoms with Crippen molar-refractivity contribution in [3.63, 3.8) is 0 Å². The Morgan fingerprint density at radius 1 is 1.06 bits per heavy atom. The van der Waals surface area contributed by atoms with Gasteiger partial charge in [-0.15, -0.1) is 0 Å². The van der Waals surface area contributed by atoms with E-state index in [1.807, 2.05) is 63.2 Å². The number of rotatable bonds is 4. The average Bonchev–Trinajstić information content (AvgIpc) is 2.82. The van der Waals surface area contributed by atoms with Crippen LogP contribution in [0, 0.1) is 11.6 Å². The van der Waals surface area contributed by atoms with E-state index in [9.17, 15) is 18.7 Å². The van der Waals surface area contributed by atoms with E-state index in [-0.39, 0.29) is 18.4 Å². The van der Waals surface area contributed by atoms with Crippen LogP contribution in [-0.2, 0) is 11.3 Å². The van der Waals surface area contributed by atoms with Gasteiger partial charge in [-0.25, -0.2) is 13.6 Å². The number of halogens is 3. The van der Waals surface area contributed by atoms with Gasteiger partial charge in [0.2, 0.25) is 0 Å². The summed E-state index contributed by atoms with van der Waals surface area (Å²) < 4.78 is 33.8. The summed E-state index contributed by atoms with van der Waals surface area (Å²) in [5.41, 5.74) is 3.17. The van der Waals surface area contributed by atoms with E-state index in [4.69, 9.17) is 16.3 Å². The molecule has 0 aromatic heterocycles. The zero-order chi connectivity index (χ0) is 26.0. The summed E-state index contributed by atoms with van der Waals surface area (Å²) in [5.74, 6) is -1.83. The maximum atomic E-state index is 14.1. The number of nitrogens with zero attached hydrogens (tertiary/aromatic N) is 1. The molecule has 1 fully saturated rings. The minimum Gasteiger partial charge on any atom is -0.444 e. The van der Waals surface area contributed by atoms with Gasteiger partial charge in [0.15, 0.2) is 0 Å². The minimum absolute atomic E-state index is 0.101. The van der Waals surface area contributed by atoms with Gasteiger partial charge in [-0.2, -0.15) is 0 Å². The molecule has 1 heterocycles. The molecule has 0 bridgehead atoms. The van der Waals surface area contributed by atoms with Crippen LogP contribution in [0.1, 0.15) is 55.7 Å². The molecule has 7 heteroatoms. The Labute approximate surface area is 215 Å². The van der Waals surface area contributed by atoms with Gasteiger partial charge in [-0.05, 0) is 79.1 Å². The number of benzene rings is 3. The topological polar surface area (TPSA) is 49.8 Å². The molecule has 3 aromatic rings. The molecule has 1 N–H and O–H groups in total.